The van der Waals surface area contributed by atoms with Crippen molar-refractivity contribution in [1.29, 1.82) is 0 Å². The summed E-state index contributed by atoms with van der Waals surface area (Å²) in [6.45, 7) is 11.8. The number of halogens is 1. The first-order valence-corrected chi connectivity index (χ1v) is 5.78. The Balaban J connectivity index is 0. The third-order valence-corrected chi connectivity index (χ3v) is 1.49. The Kier molecular flexibility index (Phi) is 14.5. The van der Waals surface area contributed by atoms with Crippen molar-refractivity contribution < 1.29 is 4.39 Å². The maximum atomic E-state index is 12.4. The highest BCUT2D eigenvalue weighted by atomic mass is 19.1. The summed E-state index contributed by atoms with van der Waals surface area (Å²) in [6.07, 6.45) is 0. The van der Waals surface area contributed by atoms with Crippen LogP contribution in [0.1, 0.15) is 40.2 Å². The molecule has 2 heteroatoms. The minimum absolute atomic E-state index is 0.176. The molecule has 0 unspecified atom stereocenters. The molecule has 0 aliphatic carbocycles. The van der Waals surface area contributed by atoms with E-state index in [4.69, 9.17) is 0 Å². The lowest BCUT2D eigenvalue weighted by atomic mass is 10.2. The number of hydrogen-bond acceptors (Lipinski definition) is 1. The van der Waals surface area contributed by atoms with E-state index in [2.05, 4.69) is 5.32 Å². The van der Waals surface area contributed by atoms with E-state index < -0.39 is 0 Å². The molecule has 0 fully saturated rings. The van der Waals surface area contributed by atoms with Crippen LogP contribution in [0.25, 0.3) is 0 Å². The Hall–Kier alpha value is -0.890. The van der Waals surface area contributed by atoms with Crippen LogP contribution in [0.5, 0.6) is 0 Å². The van der Waals surface area contributed by atoms with Gasteiger partial charge < -0.3 is 5.32 Å². The molecule has 1 aromatic carbocycles. The van der Waals surface area contributed by atoms with Crippen LogP contribution in [-0.2, 0) is 6.54 Å². The minimum Gasteiger partial charge on any atom is -0.313 e. The molecule has 0 amide bonds. The molecule has 0 heterocycles. The van der Waals surface area contributed by atoms with Crippen molar-refractivity contribution in [3.05, 3.63) is 35.6 Å². The average Bonchev–Trinajstić information content (AvgIpc) is 2.34. The summed E-state index contributed by atoms with van der Waals surface area (Å²) in [4.78, 5) is 0. The van der Waals surface area contributed by atoms with Gasteiger partial charge in [0, 0.05) is 6.54 Å². The molecule has 1 N–H and O–H groups in total. The zero-order chi connectivity index (χ0) is 12.1. The van der Waals surface area contributed by atoms with Gasteiger partial charge in [0.05, 0.1) is 0 Å². The van der Waals surface area contributed by atoms with E-state index in [1.165, 1.54) is 12.1 Å². The minimum atomic E-state index is -0.176. The van der Waals surface area contributed by atoms with Gasteiger partial charge in [-0.25, -0.2) is 4.39 Å². The van der Waals surface area contributed by atoms with Crippen LogP contribution in [0.15, 0.2) is 24.3 Å². The predicted octanol–water partition coefficient (Wildman–Crippen LogP) is 3.99. The molecule has 0 saturated carbocycles. The van der Waals surface area contributed by atoms with Gasteiger partial charge in [-0.2, -0.15) is 0 Å². The topological polar surface area (TPSA) is 12.0 Å². The van der Waals surface area contributed by atoms with Crippen molar-refractivity contribution in [2.45, 2.75) is 41.2 Å². The summed E-state index contributed by atoms with van der Waals surface area (Å²) in [5, 5.41) is 3.16. The molecule has 15 heavy (non-hydrogen) atoms. The lowest BCUT2D eigenvalue weighted by Gasteiger charge is -2.00. The van der Waals surface area contributed by atoms with Gasteiger partial charge >= 0.3 is 0 Å². The summed E-state index contributed by atoms with van der Waals surface area (Å²) in [6, 6.07) is 6.54. The van der Waals surface area contributed by atoms with Gasteiger partial charge in [0.2, 0.25) is 0 Å². The van der Waals surface area contributed by atoms with E-state index in [9.17, 15) is 4.39 Å². The molecular weight excluding hydrogens is 189 g/mol. The van der Waals surface area contributed by atoms with Crippen LogP contribution in [0, 0.1) is 5.82 Å². The van der Waals surface area contributed by atoms with Gasteiger partial charge in [-0.1, -0.05) is 46.8 Å². The van der Waals surface area contributed by atoms with Gasteiger partial charge in [-0.05, 0) is 24.2 Å². The third-order valence-electron chi connectivity index (χ3n) is 1.49. The molecule has 0 radical (unpaired) electrons. The molecule has 88 valence electrons. The number of nitrogens with one attached hydrogen (secondary N) is 1. The molecule has 0 spiro atoms. The van der Waals surface area contributed by atoms with Gasteiger partial charge in [-0.3, -0.25) is 0 Å². The summed E-state index contributed by atoms with van der Waals surface area (Å²) >= 11 is 0. The highest BCUT2D eigenvalue weighted by Crippen LogP contribution is 2.01. The lowest BCUT2D eigenvalue weighted by Crippen LogP contribution is -2.11. The molecule has 0 bridgehead atoms. The van der Waals surface area contributed by atoms with E-state index >= 15 is 0 Å². The summed E-state index contributed by atoms with van der Waals surface area (Å²) in [5.74, 6) is -0.176. The van der Waals surface area contributed by atoms with Crippen LogP contribution in [0.4, 0.5) is 4.39 Å². The summed E-state index contributed by atoms with van der Waals surface area (Å²) in [7, 11) is 0. The van der Waals surface area contributed by atoms with Gasteiger partial charge in [0.1, 0.15) is 5.82 Å². The van der Waals surface area contributed by atoms with E-state index in [1.54, 1.807) is 12.1 Å². The van der Waals surface area contributed by atoms with Crippen LogP contribution in [-0.4, -0.2) is 6.54 Å². The molecule has 0 atom stereocenters. The second-order valence-corrected chi connectivity index (χ2v) is 2.41. The highest BCUT2D eigenvalue weighted by Gasteiger charge is 1.90. The van der Waals surface area contributed by atoms with Crippen molar-refractivity contribution in [3.8, 4) is 0 Å². The second kappa shape index (κ2) is 13.1. The van der Waals surface area contributed by atoms with Crippen molar-refractivity contribution in [2.75, 3.05) is 6.54 Å². The number of benzene rings is 1. The largest absolute Gasteiger partial charge is 0.313 e. The SMILES string of the molecule is CC.CC.CCNCc1ccc(F)cc1. The quantitative estimate of drug-likeness (QED) is 0.800. The number of hydrogen-bond donors (Lipinski definition) is 1. The maximum Gasteiger partial charge on any atom is 0.123 e. The molecule has 1 nitrogen and oxygen atoms in total. The van der Waals surface area contributed by atoms with Crippen molar-refractivity contribution in [1.82, 2.24) is 5.32 Å². The van der Waals surface area contributed by atoms with E-state index in [0.29, 0.717) is 0 Å². The van der Waals surface area contributed by atoms with Crippen LogP contribution >= 0.6 is 0 Å². The first-order valence-electron chi connectivity index (χ1n) is 5.78. The smallest absolute Gasteiger partial charge is 0.123 e. The highest BCUT2D eigenvalue weighted by molar-refractivity contribution is 5.15. The Morgan fingerprint density at radius 2 is 1.47 bits per heavy atom. The monoisotopic (exact) mass is 213 g/mol. The standard InChI is InChI=1S/C9H12FN.2C2H6/c1-2-11-7-8-3-5-9(10)6-4-8;2*1-2/h3-6,11H,2,7H2,1H3;2*1-2H3. The zero-order valence-electron chi connectivity index (χ0n) is 10.6. The zero-order valence-corrected chi connectivity index (χ0v) is 10.6. The molecular formula is C13H24FN. The number of rotatable bonds is 3. The lowest BCUT2D eigenvalue weighted by molar-refractivity contribution is 0.625. The molecule has 0 aliphatic rings. The Morgan fingerprint density at radius 3 is 1.87 bits per heavy atom. The van der Waals surface area contributed by atoms with Crippen molar-refractivity contribution in [2.24, 2.45) is 0 Å². The Bertz CT molecular complexity index is 206. The normalized spacial score (nSPS) is 8.13. The fourth-order valence-corrected chi connectivity index (χ4v) is 0.872. The Labute approximate surface area is 93.7 Å². The van der Waals surface area contributed by atoms with Gasteiger partial charge in [0.25, 0.3) is 0 Å². The predicted molar refractivity (Wildman–Crippen MR) is 66.5 cm³/mol. The van der Waals surface area contributed by atoms with Crippen LogP contribution < -0.4 is 5.32 Å². The third kappa shape index (κ3) is 9.42. The molecule has 0 aliphatic heterocycles. The van der Waals surface area contributed by atoms with E-state index in [-0.39, 0.29) is 5.82 Å². The van der Waals surface area contributed by atoms with Crippen LogP contribution in [0.2, 0.25) is 0 Å². The summed E-state index contributed by atoms with van der Waals surface area (Å²) in [5.41, 5.74) is 1.12. The summed E-state index contributed by atoms with van der Waals surface area (Å²) < 4.78 is 12.4. The molecule has 0 saturated heterocycles. The first kappa shape index (κ1) is 16.5. The fourth-order valence-electron chi connectivity index (χ4n) is 0.872. The molecule has 1 rings (SSSR count). The van der Waals surface area contributed by atoms with Crippen LogP contribution in [0.3, 0.4) is 0 Å². The first-order chi connectivity index (χ1) is 7.33. The van der Waals surface area contributed by atoms with Gasteiger partial charge in [0.15, 0.2) is 0 Å². The average molecular weight is 213 g/mol. The maximum absolute atomic E-state index is 12.4. The van der Waals surface area contributed by atoms with Crippen molar-refractivity contribution in [3.63, 3.8) is 0 Å². The van der Waals surface area contributed by atoms with E-state index in [1.807, 2.05) is 34.6 Å². The van der Waals surface area contributed by atoms with Crippen molar-refractivity contribution >= 4 is 0 Å². The molecule has 0 aromatic heterocycles. The van der Waals surface area contributed by atoms with Gasteiger partial charge in [-0.15, -0.1) is 0 Å². The second-order valence-electron chi connectivity index (χ2n) is 2.41. The fraction of sp³-hybridized carbons (Fsp3) is 0.538. The van der Waals surface area contributed by atoms with E-state index in [0.717, 1.165) is 18.7 Å². The Morgan fingerprint density at radius 1 is 1.00 bits per heavy atom. The molecule has 1 aromatic rings.